The van der Waals surface area contributed by atoms with Crippen molar-refractivity contribution in [3.05, 3.63) is 35.4 Å². The molecular weight excluding hydrogens is 246 g/mol. The molecule has 1 aromatic rings. The van der Waals surface area contributed by atoms with Crippen LogP contribution in [0.4, 0.5) is 0 Å². The quantitative estimate of drug-likeness (QED) is 0.757. The van der Waals surface area contributed by atoms with E-state index in [0.29, 0.717) is 12.5 Å². The van der Waals surface area contributed by atoms with Gasteiger partial charge in [-0.25, -0.2) is 0 Å². The minimum absolute atomic E-state index is 0.267. The van der Waals surface area contributed by atoms with Gasteiger partial charge in [-0.1, -0.05) is 51.0 Å². The zero-order valence-electron chi connectivity index (χ0n) is 12.9. The second kappa shape index (κ2) is 7.58. The Morgan fingerprint density at radius 3 is 2.20 bits per heavy atom. The fourth-order valence-corrected chi connectivity index (χ4v) is 2.89. The number of Topliss-reactive ketones (excluding diaryl/α,β-unsaturated/α-hetero) is 1. The van der Waals surface area contributed by atoms with Gasteiger partial charge < -0.3 is 0 Å². The molecule has 0 aliphatic carbocycles. The van der Waals surface area contributed by atoms with Crippen LogP contribution in [0.15, 0.2) is 24.3 Å². The highest BCUT2D eigenvalue weighted by molar-refractivity contribution is 5.97. The van der Waals surface area contributed by atoms with Crippen LogP contribution in [0.25, 0.3) is 0 Å². The molecule has 2 heteroatoms. The lowest BCUT2D eigenvalue weighted by atomic mass is 10.0. The average Bonchev–Trinajstić information content (AvgIpc) is 2.67. The topological polar surface area (TPSA) is 20.3 Å². The molecule has 1 fully saturated rings. The smallest absolute Gasteiger partial charge is 0.176 e. The number of carbonyl (C=O) groups excluding carboxylic acids is 1. The Kier molecular flexibility index (Phi) is 5.78. The Hall–Kier alpha value is -1.15. The first-order valence-corrected chi connectivity index (χ1v) is 7.99. The molecule has 0 spiro atoms. The molecule has 110 valence electrons. The molecule has 0 atom stereocenters. The van der Waals surface area contributed by atoms with Gasteiger partial charge in [0.05, 0.1) is 6.54 Å². The number of rotatable bonds is 5. The molecule has 0 saturated carbocycles. The van der Waals surface area contributed by atoms with Gasteiger partial charge in [0.15, 0.2) is 5.78 Å². The molecule has 1 heterocycles. The second-order valence-corrected chi connectivity index (χ2v) is 6.41. The normalized spacial score (nSPS) is 17.1. The molecule has 2 nitrogen and oxygen atoms in total. The molecule has 0 unspecified atom stereocenters. The molecule has 0 amide bonds. The molecule has 0 aromatic heterocycles. The fourth-order valence-electron chi connectivity index (χ4n) is 2.89. The van der Waals surface area contributed by atoms with Crippen molar-refractivity contribution in [2.24, 2.45) is 5.92 Å². The number of benzene rings is 1. The van der Waals surface area contributed by atoms with E-state index >= 15 is 0 Å². The largest absolute Gasteiger partial charge is 0.296 e. The summed E-state index contributed by atoms with van der Waals surface area (Å²) in [5, 5.41) is 0. The van der Waals surface area contributed by atoms with Gasteiger partial charge in [-0.2, -0.15) is 0 Å². The SMILES string of the molecule is CC(C)Cc1ccc(C(=O)CN2CCCCCC2)cc1. The maximum atomic E-state index is 12.3. The molecule has 20 heavy (non-hydrogen) atoms. The van der Waals surface area contributed by atoms with Crippen molar-refractivity contribution in [2.75, 3.05) is 19.6 Å². The van der Waals surface area contributed by atoms with E-state index in [4.69, 9.17) is 0 Å². The molecule has 2 rings (SSSR count). The Balaban J connectivity index is 1.91. The van der Waals surface area contributed by atoms with E-state index in [1.165, 1.54) is 31.2 Å². The van der Waals surface area contributed by atoms with Gasteiger partial charge in [-0.15, -0.1) is 0 Å². The zero-order chi connectivity index (χ0) is 14.4. The van der Waals surface area contributed by atoms with E-state index in [9.17, 15) is 4.79 Å². The highest BCUT2D eigenvalue weighted by Crippen LogP contribution is 2.13. The van der Waals surface area contributed by atoms with Crippen LogP contribution in [0, 0.1) is 5.92 Å². The third kappa shape index (κ3) is 4.75. The Bertz CT molecular complexity index is 414. The number of likely N-dealkylation sites (tertiary alicyclic amines) is 1. The van der Waals surface area contributed by atoms with Gasteiger partial charge in [0.2, 0.25) is 0 Å². The first-order chi connectivity index (χ1) is 9.65. The van der Waals surface area contributed by atoms with Gasteiger partial charge in [-0.05, 0) is 43.8 Å². The van der Waals surface area contributed by atoms with E-state index in [1.54, 1.807) is 0 Å². The van der Waals surface area contributed by atoms with Crippen molar-refractivity contribution >= 4 is 5.78 Å². The maximum Gasteiger partial charge on any atom is 0.176 e. The van der Waals surface area contributed by atoms with Crippen molar-refractivity contribution in [1.82, 2.24) is 4.90 Å². The number of nitrogens with zero attached hydrogens (tertiary/aromatic N) is 1. The molecule has 1 aliphatic rings. The van der Waals surface area contributed by atoms with Gasteiger partial charge in [-0.3, -0.25) is 9.69 Å². The van der Waals surface area contributed by atoms with Gasteiger partial charge >= 0.3 is 0 Å². The summed E-state index contributed by atoms with van der Waals surface area (Å²) < 4.78 is 0. The molecule has 0 radical (unpaired) electrons. The highest BCUT2D eigenvalue weighted by Gasteiger charge is 2.14. The molecule has 1 aromatic carbocycles. The van der Waals surface area contributed by atoms with E-state index < -0.39 is 0 Å². The first-order valence-electron chi connectivity index (χ1n) is 7.99. The minimum Gasteiger partial charge on any atom is -0.296 e. The van der Waals surface area contributed by atoms with Gasteiger partial charge in [0, 0.05) is 5.56 Å². The summed E-state index contributed by atoms with van der Waals surface area (Å²) in [5.41, 5.74) is 2.19. The number of hydrogen-bond acceptors (Lipinski definition) is 2. The van der Waals surface area contributed by atoms with Crippen LogP contribution in [0.2, 0.25) is 0 Å². The van der Waals surface area contributed by atoms with Crippen molar-refractivity contribution in [3.8, 4) is 0 Å². The highest BCUT2D eigenvalue weighted by atomic mass is 16.1. The Morgan fingerprint density at radius 2 is 1.65 bits per heavy atom. The third-order valence-electron chi connectivity index (χ3n) is 3.99. The minimum atomic E-state index is 0.267. The van der Waals surface area contributed by atoms with Crippen molar-refractivity contribution < 1.29 is 4.79 Å². The Morgan fingerprint density at radius 1 is 1.05 bits per heavy atom. The van der Waals surface area contributed by atoms with Crippen molar-refractivity contribution in [1.29, 1.82) is 0 Å². The maximum absolute atomic E-state index is 12.3. The summed E-state index contributed by atoms with van der Waals surface area (Å²) in [4.78, 5) is 14.6. The van der Waals surface area contributed by atoms with Crippen molar-refractivity contribution in [2.45, 2.75) is 46.0 Å². The number of ketones is 1. The van der Waals surface area contributed by atoms with Crippen molar-refractivity contribution in [3.63, 3.8) is 0 Å². The lowest BCUT2D eigenvalue weighted by molar-refractivity contribution is 0.0933. The summed E-state index contributed by atoms with van der Waals surface area (Å²) in [6.07, 6.45) is 6.19. The van der Waals surface area contributed by atoms with Crippen LogP contribution < -0.4 is 0 Å². The van der Waals surface area contributed by atoms with E-state index in [2.05, 4.69) is 30.9 Å². The molecule has 1 saturated heterocycles. The first kappa shape index (κ1) is 15.2. The van der Waals surface area contributed by atoms with Crippen LogP contribution in [0.1, 0.15) is 55.5 Å². The lowest BCUT2D eigenvalue weighted by Gasteiger charge is -2.18. The summed E-state index contributed by atoms with van der Waals surface area (Å²) in [6.45, 7) is 7.19. The number of carbonyl (C=O) groups is 1. The van der Waals surface area contributed by atoms with Crippen LogP contribution in [0.3, 0.4) is 0 Å². The van der Waals surface area contributed by atoms with Crippen LogP contribution >= 0.6 is 0 Å². The Labute approximate surface area is 123 Å². The standard InChI is InChI=1S/C18H27NO/c1-15(2)13-16-7-9-17(10-8-16)18(20)14-19-11-5-3-4-6-12-19/h7-10,15H,3-6,11-14H2,1-2H3. The summed E-state index contributed by atoms with van der Waals surface area (Å²) >= 11 is 0. The van der Waals surface area contributed by atoms with E-state index in [1.807, 2.05) is 12.1 Å². The monoisotopic (exact) mass is 273 g/mol. The van der Waals surface area contributed by atoms with Crippen LogP contribution in [-0.2, 0) is 6.42 Å². The third-order valence-corrected chi connectivity index (χ3v) is 3.99. The summed E-state index contributed by atoms with van der Waals surface area (Å²) in [6, 6.07) is 8.21. The van der Waals surface area contributed by atoms with Crippen LogP contribution in [0.5, 0.6) is 0 Å². The zero-order valence-corrected chi connectivity index (χ0v) is 12.9. The second-order valence-electron chi connectivity index (χ2n) is 6.41. The molecule has 0 N–H and O–H groups in total. The van der Waals surface area contributed by atoms with Gasteiger partial charge in [0.25, 0.3) is 0 Å². The van der Waals surface area contributed by atoms with E-state index in [0.717, 1.165) is 25.1 Å². The lowest BCUT2D eigenvalue weighted by Crippen LogP contribution is -2.30. The summed E-state index contributed by atoms with van der Waals surface area (Å²) in [5.74, 6) is 0.927. The molecule has 1 aliphatic heterocycles. The molecule has 0 bridgehead atoms. The predicted octanol–water partition coefficient (Wildman–Crippen LogP) is 3.94. The average molecular weight is 273 g/mol. The number of hydrogen-bond donors (Lipinski definition) is 0. The summed E-state index contributed by atoms with van der Waals surface area (Å²) in [7, 11) is 0. The predicted molar refractivity (Wildman–Crippen MR) is 84.2 cm³/mol. The fraction of sp³-hybridized carbons (Fsp3) is 0.611. The van der Waals surface area contributed by atoms with Crippen LogP contribution in [-0.4, -0.2) is 30.3 Å². The molecular formula is C18H27NO. The van der Waals surface area contributed by atoms with Gasteiger partial charge in [0.1, 0.15) is 0 Å². The van der Waals surface area contributed by atoms with E-state index in [-0.39, 0.29) is 5.78 Å².